The van der Waals surface area contributed by atoms with Crippen LogP contribution in [0.5, 0.6) is 0 Å². The molecule has 0 amide bonds. The fraction of sp³-hybridized carbons (Fsp3) is 0.622. The Morgan fingerprint density at radius 3 is 1.78 bits per heavy atom. The summed E-state index contributed by atoms with van der Waals surface area (Å²) >= 11 is -0.826. The van der Waals surface area contributed by atoms with Crippen molar-refractivity contribution in [1.29, 1.82) is 0 Å². The van der Waals surface area contributed by atoms with E-state index in [0.29, 0.717) is 0 Å². The van der Waals surface area contributed by atoms with Gasteiger partial charge in [-0.25, -0.2) is 0 Å². The van der Waals surface area contributed by atoms with Gasteiger partial charge in [-0.1, -0.05) is 93.3 Å². The van der Waals surface area contributed by atoms with E-state index in [2.05, 4.69) is 79.5 Å². The van der Waals surface area contributed by atoms with Crippen LogP contribution in [0.2, 0.25) is 0 Å². The molecule has 0 spiro atoms. The molecular formula is C37H53Cl2NZr. The van der Waals surface area contributed by atoms with Crippen LogP contribution in [0, 0.1) is 56.3 Å². The molecular weight excluding hydrogens is 621 g/mol. The molecule has 2 aromatic rings. The summed E-state index contributed by atoms with van der Waals surface area (Å²) in [5.41, 5.74) is 3.45. The van der Waals surface area contributed by atoms with E-state index in [9.17, 15) is 0 Å². The quantitative estimate of drug-likeness (QED) is 0.292. The third-order valence-corrected chi connectivity index (χ3v) is 12.2. The first-order chi connectivity index (χ1) is 19.1. The Labute approximate surface area is 271 Å². The van der Waals surface area contributed by atoms with Gasteiger partial charge in [0.1, 0.15) is 0 Å². The number of halogens is 2. The Balaban J connectivity index is 0.000000744. The van der Waals surface area contributed by atoms with Crippen LogP contribution in [0.4, 0.5) is 0 Å². The van der Waals surface area contributed by atoms with Gasteiger partial charge in [-0.05, 0) is 105 Å². The minimum absolute atomic E-state index is 0. The average molecular weight is 674 g/mol. The van der Waals surface area contributed by atoms with Crippen molar-refractivity contribution in [3.63, 3.8) is 0 Å². The van der Waals surface area contributed by atoms with Crippen molar-refractivity contribution >= 4 is 17.0 Å². The molecule has 2 aromatic carbocycles. The van der Waals surface area contributed by atoms with E-state index in [4.69, 9.17) is 17.0 Å². The molecule has 8 unspecified atom stereocenters. The van der Waals surface area contributed by atoms with Gasteiger partial charge in [-0.3, -0.25) is 4.90 Å². The van der Waals surface area contributed by atoms with Crippen LogP contribution in [0.15, 0.2) is 60.7 Å². The summed E-state index contributed by atoms with van der Waals surface area (Å²) in [6, 6.07) is 25.7. The monoisotopic (exact) mass is 671 g/mol. The number of fused-ring (bicyclic) bond motifs is 5. The molecule has 1 aliphatic heterocycles. The van der Waals surface area contributed by atoms with Gasteiger partial charge < -0.3 is 14.9 Å². The molecule has 1 nitrogen and oxygen atoms in total. The van der Waals surface area contributed by atoms with Crippen molar-refractivity contribution in [2.75, 3.05) is 7.05 Å². The summed E-state index contributed by atoms with van der Waals surface area (Å²) in [5.74, 6) is 6.01. The van der Waals surface area contributed by atoms with Crippen LogP contribution in [0.3, 0.4) is 0 Å². The fourth-order valence-electron chi connectivity index (χ4n) is 11.2. The third kappa shape index (κ3) is 5.85. The zero-order valence-corrected chi connectivity index (χ0v) is 29.9. The topological polar surface area (TPSA) is 3.24 Å². The van der Waals surface area contributed by atoms with Gasteiger partial charge in [-0.2, -0.15) is 0 Å². The summed E-state index contributed by atoms with van der Waals surface area (Å²) in [6.45, 7) is 2.55. The Morgan fingerprint density at radius 1 is 0.707 bits per heavy atom. The molecule has 41 heavy (non-hydrogen) atoms. The Kier molecular flexibility index (Phi) is 12.2. The van der Waals surface area contributed by atoms with Gasteiger partial charge in [0.25, 0.3) is 0 Å². The number of benzene rings is 2. The second-order valence-corrected chi connectivity index (χ2v) is 17.4. The molecule has 0 N–H and O–H groups in total. The van der Waals surface area contributed by atoms with Crippen LogP contribution in [-0.4, -0.2) is 24.0 Å². The molecule has 7 rings (SSSR count). The van der Waals surface area contributed by atoms with Crippen molar-refractivity contribution < 1.29 is 20.8 Å². The minimum atomic E-state index is -0.826. The predicted molar refractivity (Wildman–Crippen MR) is 174 cm³/mol. The molecule has 4 heteroatoms. The van der Waals surface area contributed by atoms with Crippen molar-refractivity contribution in [2.24, 2.45) is 41.4 Å². The standard InChI is InChI=1S/C35H47N.2CH3.2ClH.Zr/c1-24-21-22-31-30(23-24)32-33(28-19-11-12-20-29(28)34(32)36(31)2)35(27-17-9-10-18-27,25-13-5-3-6-14-25)26-15-7-4-8-16-26;;;;;/h3-8,13-16,24,27-34H,9-12,17-23H2,1-2H3;2*1H3;2*1H;/q;2*-1;;;+4/p-2. The normalized spacial score (nSPS) is 34.5. The van der Waals surface area contributed by atoms with Gasteiger partial charge in [0.05, 0.1) is 0 Å². The second kappa shape index (κ2) is 14.8. The first kappa shape index (κ1) is 33.8. The Hall–Kier alpha value is -0.137. The molecule has 1 saturated heterocycles. The van der Waals surface area contributed by atoms with E-state index in [1.807, 2.05) is 0 Å². The summed E-state index contributed by atoms with van der Waals surface area (Å²) in [6.07, 6.45) is 15.9. The van der Waals surface area contributed by atoms with Crippen molar-refractivity contribution in [1.82, 2.24) is 4.90 Å². The van der Waals surface area contributed by atoms with Gasteiger partial charge >= 0.3 is 37.9 Å². The first-order valence-corrected chi connectivity index (χ1v) is 22.2. The molecule has 5 fully saturated rings. The van der Waals surface area contributed by atoms with E-state index >= 15 is 0 Å². The summed E-state index contributed by atoms with van der Waals surface area (Å²) in [5, 5.41) is 0. The van der Waals surface area contributed by atoms with Gasteiger partial charge in [-0.15, -0.1) is 0 Å². The summed E-state index contributed by atoms with van der Waals surface area (Å²) in [4.78, 5) is 2.97. The molecule has 0 aromatic heterocycles. The summed E-state index contributed by atoms with van der Waals surface area (Å²) < 4.78 is 0. The van der Waals surface area contributed by atoms with Crippen LogP contribution < -0.4 is 0 Å². The Morgan fingerprint density at radius 2 is 1.22 bits per heavy atom. The number of hydrogen-bond donors (Lipinski definition) is 0. The number of nitrogens with zero attached hydrogens (tertiary/aromatic N) is 1. The van der Waals surface area contributed by atoms with Crippen LogP contribution in [-0.2, 0) is 26.3 Å². The van der Waals surface area contributed by atoms with E-state index in [-0.39, 0.29) is 20.3 Å². The summed E-state index contributed by atoms with van der Waals surface area (Å²) in [7, 11) is 12.4. The van der Waals surface area contributed by atoms with E-state index < -0.39 is 20.8 Å². The van der Waals surface area contributed by atoms with Crippen LogP contribution >= 0.6 is 17.0 Å². The molecule has 1 heterocycles. The zero-order valence-electron chi connectivity index (χ0n) is 26.0. The Bertz CT molecular complexity index is 1020. The van der Waals surface area contributed by atoms with Crippen molar-refractivity contribution in [3.05, 3.63) is 86.6 Å². The molecule has 0 radical (unpaired) electrons. The molecule has 5 aliphatic rings. The molecule has 8 atom stereocenters. The van der Waals surface area contributed by atoms with Crippen LogP contribution in [0.1, 0.15) is 88.7 Å². The zero-order chi connectivity index (χ0) is 27.0. The molecule has 4 saturated carbocycles. The van der Waals surface area contributed by atoms with Crippen molar-refractivity contribution in [3.8, 4) is 0 Å². The first-order valence-electron chi connectivity index (χ1n) is 15.9. The van der Waals surface area contributed by atoms with E-state index in [1.165, 1.54) is 70.6 Å². The average Bonchev–Trinajstić information content (AvgIpc) is 3.69. The number of likely N-dealkylation sites (tertiary alicyclic amines) is 1. The van der Waals surface area contributed by atoms with Crippen molar-refractivity contribution in [2.45, 2.75) is 95.1 Å². The fourth-order valence-corrected chi connectivity index (χ4v) is 11.2. The molecule has 4 aliphatic carbocycles. The third-order valence-electron chi connectivity index (χ3n) is 12.2. The number of hydrogen-bond acceptors (Lipinski definition) is 1. The number of rotatable bonds is 4. The van der Waals surface area contributed by atoms with E-state index in [0.717, 1.165) is 53.5 Å². The second-order valence-electron chi connectivity index (χ2n) is 13.7. The molecule has 0 bridgehead atoms. The maximum absolute atomic E-state index is 4.93. The van der Waals surface area contributed by atoms with E-state index in [1.54, 1.807) is 11.1 Å². The van der Waals surface area contributed by atoms with Gasteiger partial charge in [0.2, 0.25) is 0 Å². The maximum atomic E-state index is 4.93. The van der Waals surface area contributed by atoms with Crippen LogP contribution in [0.25, 0.3) is 0 Å². The van der Waals surface area contributed by atoms with Gasteiger partial charge in [0, 0.05) is 17.5 Å². The van der Waals surface area contributed by atoms with Gasteiger partial charge in [0.15, 0.2) is 0 Å². The SMILES string of the molecule is CC1CCC2C(C1)C1C(C3CCCCC3C1C(c1ccccc1)(c1ccccc1)C1CCCC1)N2C.[CH3-].[CH3-].[Cl][Zr+2][Cl]. The predicted octanol–water partition coefficient (Wildman–Crippen LogP) is 10.6. The molecule has 224 valence electrons.